The summed E-state index contributed by atoms with van der Waals surface area (Å²) in [5, 5.41) is 3.19. The molecule has 1 aliphatic rings. The van der Waals surface area contributed by atoms with Gasteiger partial charge in [0.1, 0.15) is 0 Å². The second kappa shape index (κ2) is 11.8. The lowest BCUT2D eigenvalue weighted by Crippen LogP contribution is -2.35. The molecular weight excluding hydrogens is 266 g/mol. The van der Waals surface area contributed by atoms with Gasteiger partial charge in [0.25, 0.3) is 0 Å². The van der Waals surface area contributed by atoms with E-state index in [4.69, 9.17) is 15.2 Å². The summed E-state index contributed by atoms with van der Waals surface area (Å²) in [6, 6.07) is 0. The standard InChI is InChI=1S/C16H33N3O2/c1-3-20-13-7-11-18-16(17)19-12-10-15(21-4-2)14-8-5-6-9-14/h14-15H,3-13H2,1-2H3,(H3,17,18,19). The van der Waals surface area contributed by atoms with Crippen LogP contribution in [0.25, 0.3) is 0 Å². The maximum atomic E-state index is 5.90. The zero-order valence-corrected chi connectivity index (χ0v) is 13.8. The number of nitrogens with two attached hydrogens (primary N) is 1. The van der Waals surface area contributed by atoms with E-state index < -0.39 is 0 Å². The molecule has 0 aromatic rings. The number of nitrogens with one attached hydrogen (secondary N) is 1. The molecule has 1 atom stereocenters. The third-order valence-corrected chi connectivity index (χ3v) is 3.97. The van der Waals surface area contributed by atoms with Crippen molar-refractivity contribution in [2.45, 2.75) is 58.5 Å². The summed E-state index contributed by atoms with van der Waals surface area (Å²) in [4.78, 5) is 4.30. The van der Waals surface area contributed by atoms with Crippen LogP contribution in [0.5, 0.6) is 0 Å². The number of hydrogen-bond donors (Lipinski definition) is 2. The molecule has 1 aliphatic carbocycles. The number of nitrogens with zero attached hydrogens (tertiary/aromatic N) is 1. The van der Waals surface area contributed by atoms with Gasteiger partial charge in [0.15, 0.2) is 5.96 Å². The van der Waals surface area contributed by atoms with Crippen molar-refractivity contribution in [1.29, 1.82) is 0 Å². The minimum atomic E-state index is 0.371. The molecule has 21 heavy (non-hydrogen) atoms. The van der Waals surface area contributed by atoms with Crippen LogP contribution in [-0.2, 0) is 9.47 Å². The molecule has 0 aliphatic heterocycles. The number of ether oxygens (including phenoxy) is 2. The molecular formula is C16H33N3O2. The van der Waals surface area contributed by atoms with Gasteiger partial charge in [0.05, 0.1) is 6.10 Å². The molecule has 0 heterocycles. The van der Waals surface area contributed by atoms with Crippen LogP contribution >= 0.6 is 0 Å². The van der Waals surface area contributed by atoms with Gasteiger partial charge in [0.2, 0.25) is 0 Å². The summed E-state index contributed by atoms with van der Waals surface area (Å²) in [5.74, 6) is 1.27. The Morgan fingerprint density at radius 3 is 2.71 bits per heavy atom. The minimum absolute atomic E-state index is 0.371. The Hall–Kier alpha value is -0.810. The Morgan fingerprint density at radius 1 is 1.29 bits per heavy atom. The SMILES string of the molecule is CCOCCCN=C(N)NCCC(OCC)C1CCCC1. The van der Waals surface area contributed by atoms with Gasteiger partial charge < -0.3 is 20.5 Å². The number of aliphatic imine (C=N–C) groups is 1. The van der Waals surface area contributed by atoms with Gasteiger partial charge in [0, 0.05) is 32.9 Å². The zero-order chi connectivity index (χ0) is 15.3. The highest BCUT2D eigenvalue weighted by Crippen LogP contribution is 2.30. The Bertz CT molecular complexity index is 279. The van der Waals surface area contributed by atoms with Crippen LogP contribution in [0.2, 0.25) is 0 Å². The van der Waals surface area contributed by atoms with Crippen molar-refractivity contribution in [2.24, 2.45) is 16.6 Å². The van der Waals surface area contributed by atoms with Gasteiger partial charge in [-0.1, -0.05) is 12.8 Å². The molecule has 5 nitrogen and oxygen atoms in total. The Labute approximate surface area is 129 Å². The van der Waals surface area contributed by atoms with E-state index in [2.05, 4.69) is 17.2 Å². The second-order valence-corrected chi connectivity index (χ2v) is 5.57. The summed E-state index contributed by atoms with van der Waals surface area (Å²) in [5.41, 5.74) is 5.86. The molecule has 0 aromatic carbocycles. The summed E-state index contributed by atoms with van der Waals surface area (Å²) >= 11 is 0. The van der Waals surface area contributed by atoms with Gasteiger partial charge in [-0.25, -0.2) is 0 Å². The maximum Gasteiger partial charge on any atom is 0.188 e. The quantitative estimate of drug-likeness (QED) is 0.349. The topological polar surface area (TPSA) is 68.9 Å². The van der Waals surface area contributed by atoms with E-state index in [1.807, 2.05) is 6.92 Å². The predicted octanol–water partition coefficient (Wildman–Crippen LogP) is 2.30. The summed E-state index contributed by atoms with van der Waals surface area (Å²) in [6.07, 6.45) is 7.62. The Balaban J connectivity index is 2.15. The minimum Gasteiger partial charge on any atom is -0.382 e. The van der Waals surface area contributed by atoms with Crippen molar-refractivity contribution >= 4 is 5.96 Å². The Morgan fingerprint density at radius 2 is 2.05 bits per heavy atom. The highest BCUT2D eigenvalue weighted by molar-refractivity contribution is 5.77. The monoisotopic (exact) mass is 299 g/mol. The highest BCUT2D eigenvalue weighted by Gasteiger charge is 2.24. The predicted molar refractivity (Wildman–Crippen MR) is 87.6 cm³/mol. The van der Waals surface area contributed by atoms with Crippen LogP contribution in [0.15, 0.2) is 4.99 Å². The average Bonchev–Trinajstić information content (AvgIpc) is 3.00. The molecule has 0 amide bonds. The first kappa shape index (κ1) is 18.2. The molecule has 124 valence electrons. The molecule has 1 rings (SSSR count). The average molecular weight is 299 g/mol. The second-order valence-electron chi connectivity index (χ2n) is 5.57. The van der Waals surface area contributed by atoms with Crippen LogP contribution in [0.1, 0.15) is 52.4 Å². The fourth-order valence-corrected chi connectivity index (χ4v) is 2.91. The van der Waals surface area contributed by atoms with E-state index in [-0.39, 0.29) is 0 Å². The largest absolute Gasteiger partial charge is 0.382 e. The molecule has 1 saturated carbocycles. The number of guanidine groups is 1. The van der Waals surface area contributed by atoms with Gasteiger partial charge >= 0.3 is 0 Å². The van der Waals surface area contributed by atoms with Gasteiger partial charge in [-0.3, -0.25) is 4.99 Å². The Kier molecular flexibility index (Phi) is 10.3. The molecule has 1 fully saturated rings. The molecule has 0 aromatic heterocycles. The molecule has 0 radical (unpaired) electrons. The third-order valence-electron chi connectivity index (χ3n) is 3.97. The smallest absolute Gasteiger partial charge is 0.188 e. The van der Waals surface area contributed by atoms with E-state index in [9.17, 15) is 0 Å². The molecule has 1 unspecified atom stereocenters. The number of hydrogen-bond acceptors (Lipinski definition) is 3. The van der Waals surface area contributed by atoms with Crippen LogP contribution in [0.4, 0.5) is 0 Å². The van der Waals surface area contributed by atoms with E-state index >= 15 is 0 Å². The van der Waals surface area contributed by atoms with Crippen molar-refractivity contribution in [3.05, 3.63) is 0 Å². The fraction of sp³-hybridized carbons (Fsp3) is 0.938. The maximum absolute atomic E-state index is 5.90. The molecule has 5 heteroatoms. The van der Waals surface area contributed by atoms with Crippen LogP contribution in [0.3, 0.4) is 0 Å². The lowest BCUT2D eigenvalue weighted by molar-refractivity contribution is 0.0170. The van der Waals surface area contributed by atoms with Crippen LogP contribution in [0, 0.1) is 5.92 Å². The van der Waals surface area contributed by atoms with Crippen LogP contribution < -0.4 is 11.1 Å². The summed E-state index contributed by atoms with van der Waals surface area (Å²) in [7, 11) is 0. The molecule has 0 spiro atoms. The third kappa shape index (κ3) is 8.27. The fourth-order valence-electron chi connectivity index (χ4n) is 2.91. The van der Waals surface area contributed by atoms with E-state index in [1.165, 1.54) is 25.7 Å². The lowest BCUT2D eigenvalue weighted by Gasteiger charge is -2.23. The molecule has 0 saturated heterocycles. The van der Waals surface area contributed by atoms with E-state index in [0.717, 1.165) is 51.7 Å². The zero-order valence-electron chi connectivity index (χ0n) is 13.8. The highest BCUT2D eigenvalue weighted by atomic mass is 16.5. The lowest BCUT2D eigenvalue weighted by atomic mass is 9.98. The summed E-state index contributed by atoms with van der Waals surface area (Å²) in [6.45, 7) is 7.93. The first-order valence-corrected chi connectivity index (χ1v) is 8.51. The normalized spacial score (nSPS) is 18.1. The van der Waals surface area contributed by atoms with Crippen molar-refractivity contribution in [3.63, 3.8) is 0 Å². The van der Waals surface area contributed by atoms with Gasteiger partial charge in [-0.15, -0.1) is 0 Å². The van der Waals surface area contributed by atoms with Crippen molar-refractivity contribution in [3.8, 4) is 0 Å². The van der Waals surface area contributed by atoms with E-state index in [1.54, 1.807) is 0 Å². The first-order valence-electron chi connectivity index (χ1n) is 8.51. The summed E-state index contributed by atoms with van der Waals surface area (Å²) < 4.78 is 11.2. The molecule has 3 N–H and O–H groups in total. The van der Waals surface area contributed by atoms with E-state index in [0.29, 0.717) is 12.1 Å². The van der Waals surface area contributed by atoms with Crippen molar-refractivity contribution in [1.82, 2.24) is 5.32 Å². The number of rotatable bonds is 11. The van der Waals surface area contributed by atoms with Crippen molar-refractivity contribution < 1.29 is 9.47 Å². The van der Waals surface area contributed by atoms with Crippen molar-refractivity contribution in [2.75, 3.05) is 32.9 Å². The van der Waals surface area contributed by atoms with Gasteiger partial charge in [-0.2, -0.15) is 0 Å². The van der Waals surface area contributed by atoms with Crippen LogP contribution in [-0.4, -0.2) is 45.0 Å². The van der Waals surface area contributed by atoms with Gasteiger partial charge in [-0.05, 0) is 45.4 Å². The first-order chi connectivity index (χ1) is 10.3. The molecule has 0 bridgehead atoms.